The molecule has 1 saturated carbocycles. The molecule has 9 heteroatoms. The van der Waals surface area contributed by atoms with Crippen LogP contribution >= 0.6 is 11.5 Å². The van der Waals surface area contributed by atoms with E-state index in [2.05, 4.69) is 19.7 Å². The molecule has 1 amide bonds. The van der Waals surface area contributed by atoms with Crippen molar-refractivity contribution in [3.8, 4) is 11.3 Å². The van der Waals surface area contributed by atoms with Crippen LogP contribution in [0.3, 0.4) is 0 Å². The molecule has 3 aromatic rings. The van der Waals surface area contributed by atoms with Gasteiger partial charge in [0.25, 0.3) is 5.91 Å². The molecule has 0 bridgehead atoms. The number of likely N-dealkylation sites (tertiary alicyclic amines) is 1. The minimum absolute atomic E-state index is 0.0538. The van der Waals surface area contributed by atoms with E-state index < -0.39 is 0 Å². The van der Waals surface area contributed by atoms with Crippen molar-refractivity contribution in [2.24, 2.45) is 11.8 Å². The third-order valence-corrected chi connectivity index (χ3v) is 6.87. The van der Waals surface area contributed by atoms with Gasteiger partial charge in [-0.15, -0.1) is 5.10 Å². The second-order valence-corrected chi connectivity index (χ2v) is 8.58. The number of amides is 1. The Hall–Kier alpha value is -2.65. The number of hydrogen-bond donors (Lipinski definition) is 0. The molecule has 3 aromatic heterocycles. The van der Waals surface area contributed by atoms with Crippen molar-refractivity contribution < 1.29 is 9.53 Å². The van der Waals surface area contributed by atoms with E-state index in [4.69, 9.17) is 4.74 Å². The van der Waals surface area contributed by atoms with E-state index >= 15 is 0 Å². The van der Waals surface area contributed by atoms with Crippen LogP contribution in [0.25, 0.3) is 11.3 Å². The number of aromatic nitrogens is 5. The van der Waals surface area contributed by atoms with Crippen LogP contribution in [0.1, 0.15) is 28.6 Å². The van der Waals surface area contributed by atoms with E-state index in [1.165, 1.54) is 11.5 Å². The first kappa shape index (κ1) is 18.4. The fourth-order valence-electron chi connectivity index (χ4n) is 4.66. The topological polar surface area (TPSA) is 86.0 Å². The van der Waals surface area contributed by atoms with Crippen molar-refractivity contribution in [1.29, 1.82) is 0 Å². The Kier molecular flexibility index (Phi) is 4.84. The number of carbonyl (C=O) groups excluding carboxylic acids is 1. The molecule has 2 fully saturated rings. The molecule has 0 radical (unpaired) electrons. The summed E-state index contributed by atoms with van der Waals surface area (Å²) in [4.78, 5) is 19.6. The number of pyridine rings is 1. The molecule has 4 atom stereocenters. The first-order chi connectivity index (χ1) is 14.2. The SMILES string of the molecule is CO[C@@H]1C[C@H]2CN(C(=O)c3ccns3)C[C@H]2C[C@H]1n1cc(-c2cccnc2)nn1. The Balaban J connectivity index is 1.34. The van der Waals surface area contributed by atoms with Crippen LogP contribution in [-0.4, -0.2) is 61.5 Å². The van der Waals surface area contributed by atoms with Gasteiger partial charge in [0.2, 0.25) is 0 Å². The number of fused-ring (bicyclic) bond motifs is 1. The van der Waals surface area contributed by atoms with Crippen LogP contribution in [0, 0.1) is 11.8 Å². The highest BCUT2D eigenvalue weighted by molar-refractivity contribution is 7.08. The van der Waals surface area contributed by atoms with Gasteiger partial charge in [-0.3, -0.25) is 9.78 Å². The zero-order valence-electron chi connectivity index (χ0n) is 16.1. The summed E-state index contributed by atoms with van der Waals surface area (Å²) in [6.45, 7) is 1.56. The lowest BCUT2D eigenvalue weighted by Crippen LogP contribution is -2.37. The lowest BCUT2D eigenvalue weighted by Gasteiger charge is -2.36. The number of carbonyl (C=O) groups is 1. The predicted octanol–water partition coefficient (Wildman–Crippen LogP) is 2.53. The molecule has 0 unspecified atom stereocenters. The van der Waals surface area contributed by atoms with Crippen molar-refractivity contribution in [1.82, 2.24) is 29.3 Å². The molecular weight excluding hydrogens is 388 g/mol. The molecule has 4 heterocycles. The van der Waals surface area contributed by atoms with E-state index in [0.29, 0.717) is 16.7 Å². The molecule has 1 saturated heterocycles. The maximum atomic E-state index is 12.7. The van der Waals surface area contributed by atoms with Crippen molar-refractivity contribution in [3.63, 3.8) is 0 Å². The Morgan fingerprint density at radius 1 is 1.21 bits per heavy atom. The van der Waals surface area contributed by atoms with E-state index in [-0.39, 0.29) is 18.1 Å². The fourth-order valence-corrected chi connectivity index (χ4v) is 5.22. The van der Waals surface area contributed by atoms with Gasteiger partial charge in [0, 0.05) is 44.4 Å². The minimum atomic E-state index is 0.0538. The lowest BCUT2D eigenvalue weighted by atomic mass is 9.77. The van der Waals surface area contributed by atoms with Crippen LogP contribution < -0.4 is 0 Å². The second kappa shape index (κ2) is 7.64. The summed E-state index contributed by atoms with van der Waals surface area (Å²) >= 11 is 1.26. The molecule has 0 spiro atoms. The molecule has 1 aliphatic heterocycles. The Morgan fingerprint density at radius 3 is 2.79 bits per heavy atom. The number of rotatable bonds is 4. The average molecular weight is 411 g/mol. The summed E-state index contributed by atoms with van der Waals surface area (Å²) in [7, 11) is 1.76. The third-order valence-electron chi connectivity index (χ3n) is 6.13. The van der Waals surface area contributed by atoms with Gasteiger partial charge in [0.1, 0.15) is 10.6 Å². The molecular formula is C20H22N6O2S. The Morgan fingerprint density at radius 2 is 2.07 bits per heavy atom. The smallest absolute Gasteiger partial charge is 0.265 e. The zero-order valence-corrected chi connectivity index (χ0v) is 16.9. The fraction of sp³-hybridized carbons (Fsp3) is 0.450. The third kappa shape index (κ3) is 3.44. The standard InChI is InChI=1S/C20H22N6O2S/c1-28-18-8-15-11-25(20(27)19-4-6-22-29-19)10-14(15)7-17(18)26-12-16(23-24-26)13-3-2-5-21-9-13/h2-6,9,12,14-15,17-18H,7-8,10-11H2,1H3/t14-,15+,17-,18-/m1/s1. The van der Waals surface area contributed by atoms with Crippen molar-refractivity contribution in [3.05, 3.63) is 47.9 Å². The number of nitrogens with zero attached hydrogens (tertiary/aromatic N) is 6. The highest BCUT2D eigenvalue weighted by Crippen LogP contribution is 2.42. The largest absolute Gasteiger partial charge is 0.379 e. The number of hydrogen-bond acceptors (Lipinski definition) is 7. The van der Waals surface area contributed by atoms with E-state index in [0.717, 1.165) is 37.2 Å². The van der Waals surface area contributed by atoms with Gasteiger partial charge in [-0.05, 0) is 54.4 Å². The maximum absolute atomic E-state index is 12.7. The number of ether oxygens (including phenoxy) is 1. The van der Waals surface area contributed by atoms with Crippen molar-refractivity contribution >= 4 is 17.4 Å². The monoisotopic (exact) mass is 410 g/mol. The van der Waals surface area contributed by atoms with Crippen LogP contribution in [0.2, 0.25) is 0 Å². The zero-order chi connectivity index (χ0) is 19.8. The molecule has 150 valence electrons. The van der Waals surface area contributed by atoms with Gasteiger partial charge in [-0.1, -0.05) is 5.21 Å². The molecule has 2 aliphatic rings. The molecule has 0 N–H and O–H groups in total. The summed E-state index contributed by atoms with van der Waals surface area (Å²) < 4.78 is 11.8. The molecule has 29 heavy (non-hydrogen) atoms. The quantitative estimate of drug-likeness (QED) is 0.657. The maximum Gasteiger partial charge on any atom is 0.265 e. The van der Waals surface area contributed by atoms with Gasteiger partial charge in [0.05, 0.1) is 18.3 Å². The van der Waals surface area contributed by atoms with Crippen molar-refractivity contribution in [2.75, 3.05) is 20.2 Å². The Labute approximate surface area is 172 Å². The Bertz CT molecular complexity index is 976. The first-order valence-corrected chi connectivity index (χ1v) is 10.5. The van der Waals surface area contributed by atoms with Gasteiger partial charge in [-0.2, -0.15) is 0 Å². The van der Waals surface area contributed by atoms with Crippen LogP contribution in [0.4, 0.5) is 0 Å². The molecule has 8 nitrogen and oxygen atoms in total. The lowest BCUT2D eigenvalue weighted by molar-refractivity contribution is -0.00545. The summed E-state index contributed by atoms with van der Waals surface area (Å²) in [5.74, 6) is 0.982. The normalized spacial score (nSPS) is 26.4. The predicted molar refractivity (Wildman–Crippen MR) is 107 cm³/mol. The van der Waals surface area contributed by atoms with Crippen LogP contribution in [0.15, 0.2) is 43.0 Å². The van der Waals surface area contributed by atoms with E-state index in [1.54, 1.807) is 31.8 Å². The second-order valence-electron chi connectivity index (χ2n) is 7.75. The van der Waals surface area contributed by atoms with Gasteiger partial charge >= 0.3 is 0 Å². The van der Waals surface area contributed by atoms with E-state index in [1.807, 2.05) is 27.9 Å². The summed E-state index contributed by atoms with van der Waals surface area (Å²) in [6, 6.07) is 5.78. The summed E-state index contributed by atoms with van der Waals surface area (Å²) in [6.07, 6.45) is 9.09. The molecule has 1 aliphatic carbocycles. The van der Waals surface area contributed by atoms with Gasteiger partial charge in [-0.25, -0.2) is 9.06 Å². The van der Waals surface area contributed by atoms with E-state index in [9.17, 15) is 4.79 Å². The average Bonchev–Trinajstić information content (AvgIpc) is 3.53. The number of methoxy groups -OCH3 is 1. The van der Waals surface area contributed by atoms with Gasteiger partial charge in [0.15, 0.2) is 0 Å². The highest BCUT2D eigenvalue weighted by Gasteiger charge is 2.44. The molecule has 0 aromatic carbocycles. The van der Waals surface area contributed by atoms with Crippen LogP contribution in [-0.2, 0) is 4.74 Å². The summed E-state index contributed by atoms with van der Waals surface area (Å²) in [5, 5.41) is 8.74. The van der Waals surface area contributed by atoms with Crippen LogP contribution in [0.5, 0.6) is 0 Å². The summed E-state index contributed by atoms with van der Waals surface area (Å²) in [5.41, 5.74) is 1.76. The minimum Gasteiger partial charge on any atom is -0.379 e. The molecule has 5 rings (SSSR count). The van der Waals surface area contributed by atoms with Crippen molar-refractivity contribution in [2.45, 2.75) is 25.0 Å². The van der Waals surface area contributed by atoms with Gasteiger partial charge < -0.3 is 9.64 Å². The first-order valence-electron chi connectivity index (χ1n) is 9.78. The highest BCUT2D eigenvalue weighted by atomic mass is 32.1.